The molecule has 0 bridgehead atoms. The van der Waals surface area contributed by atoms with E-state index in [-0.39, 0.29) is 29.5 Å². The van der Waals surface area contributed by atoms with E-state index in [0.717, 1.165) is 0 Å². The SMILES string of the molecule is CCN(CC(=O)NC)C(=O)c1cc(O)ccc1O. The van der Waals surface area contributed by atoms with Gasteiger partial charge in [0.1, 0.15) is 11.5 Å². The number of hydrogen-bond donors (Lipinski definition) is 3. The molecule has 0 spiro atoms. The monoisotopic (exact) mass is 252 g/mol. The van der Waals surface area contributed by atoms with Crippen molar-refractivity contribution in [1.29, 1.82) is 0 Å². The van der Waals surface area contributed by atoms with E-state index in [1.165, 1.54) is 30.1 Å². The number of aromatic hydroxyl groups is 2. The molecule has 0 saturated carbocycles. The fourth-order valence-corrected chi connectivity index (χ4v) is 1.45. The lowest BCUT2D eigenvalue weighted by atomic mass is 10.1. The van der Waals surface area contributed by atoms with Crippen LogP contribution in [0.15, 0.2) is 18.2 Å². The van der Waals surface area contributed by atoms with Crippen molar-refractivity contribution in [2.75, 3.05) is 20.1 Å². The first kappa shape index (κ1) is 13.8. The van der Waals surface area contributed by atoms with Gasteiger partial charge < -0.3 is 20.4 Å². The zero-order chi connectivity index (χ0) is 13.7. The highest BCUT2D eigenvalue weighted by atomic mass is 16.3. The molecule has 0 aliphatic carbocycles. The molecule has 0 aromatic heterocycles. The Morgan fingerprint density at radius 2 is 2.00 bits per heavy atom. The summed E-state index contributed by atoms with van der Waals surface area (Å²) < 4.78 is 0. The predicted octanol–water partition coefficient (Wildman–Crippen LogP) is 0.306. The molecular weight excluding hydrogens is 236 g/mol. The highest BCUT2D eigenvalue weighted by molar-refractivity contribution is 5.99. The second kappa shape index (κ2) is 5.90. The maximum Gasteiger partial charge on any atom is 0.258 e. The van der Waals surface area contributed by atoms with Crippen LogP contribution in [0.1, 0.15) is 17.3 Å². The summed E-state index contributed by atoms with van der Waals surface area (Å²) in [4.78, 5) is 24.6. The number of phenols is 2. The molecule has 2 amide bonds. The van der Waals surface area contributed by atoms with E-state index in [1.807, 2.05) is 0 Å². The minimum Gasteiger partial charge on any atom is -0.508 e. The van der Waals surface area contributed by atoms with Gasteiger partial charge in [0.05, 0.1) is 12.1 Å². The fourth-order valence-electron chi connectivity index (χ4n) is 1.45. The molecular formula is C12H16N2O4. The van der Waals surface area contributed by atoms with Crippen LogP contribution in [-0.4, -0.2) is 47.1 Å². The van der Waals surface area contributed by atoms with Crippen LogP contribution in [0.5, 0.6) is 11.5 Å². The largest absolute Gasteiger partial charge is 0.508 e. The third kappa shape index (κ3) is 3.13. The van der Waals surface area contributed by atoms with Crippen molar-refractivity contribution in [2.45, 2.75) is 6.92 Å². The van der Waals surface area contributed by atoms with Crippen LogP contribution >= 0.6 is 0 Å². The maximum absolute atomic E-state index is 12.1. The summed E-state index contributed by atoms with van der Waals surface area (Å²) in [6.45, 7) is 1.95. The van der Waals surface area contributed by atoms with Crippen LogP contribution in [0.3, 0.4) is 0 Å². The number of carbonyl (C=O) groups is 2. The first-order valence-electron chi connectivity index (χ1n) is 5.51. The molecule has 0 unspecified atom stereocenters. The molecule has 0 aliphatic heterocycles. The Kier molecular flexibility index (Phi) is 4.53. The molecule has 0 aliphatic rings. The van der Waals surface area contributed by atoms with Crippen molar-refractivity contribution in [3.05, 3.63) is 23.8 Å². The van der Waals surface area contributed by atoms with Crippen LogP contribution in [-0.2, 0) is 4.79 Å². The number of phenolic OH excluding ortho intramolecular Hbond substituents is 2. The Hall–Kier alpha value is -2.24. The van der Waals surface area contributed by atoms with Crippen molar-refractivity contribution >= 4 is 11.8 Å². The van der Waals surface area contributed by atoms with Crippen LogP contribution in [0.25, 0.3) is 0 Å². The van der Waals surface area contributed by atoms with Crippen molar-refractivity contribution in [3.63, 3.8) is 0 Å². The highest BCUT2D eigenvalue weighted by Gasteiger charge is 2.20. The number of benzene rings is 1. The third-order valence-corrected chi connectivity index (χ3v) is 2.49. The van der Waals surface area contributed by atoms with E-state index in [2.05, 4.69) is 5.32 Å². The van der Waals surface area contributed by atoms with Crippen LogP contribution in [0, 0.1) is 0 Å². The molecule has 6 heteroatoms. The molecule has 0 radical (unpaired) electrons. The average molecular weight is 252 g/mol. The number of likely N-dealkylation sites (N-methyl/N-ethyl adjacent to an activating group) is 2. The Balaban J connectivity index is 2.96. The van der Waals surface area contributed by atoms with E-state index in [1.54, 1.807) is 6.92 Å². The lowest BCUT2D eigenvalue weighted by Gasteiger charge is -2.20. The Labute approximate surface area is 105 Å². The van der Waals surface area contributed by atoms with Gasteiger partial charge in [-0.1, -0.05) is 0 Å². The minimum atomic E-state index is -0.505. The van der Waals surface area contributed by atoms with Gasteiger partial charge in [-0.3, -0.25) is 9.59 Å². The lowest BCUT2D eigenvalue weighted by molar-refractivity contribution is -0.121. The van der Waals surface area contributed by atoms with E-state index >= 15 is 0 Å². The summed E-state index contributed by atoms with van der Waals surface area (Å²) in [5.41, 5.74) is -0.0271. The zero-order valence-corrected chi connectivity index (χ0v) is 10.3. The maximum atomic E-state index is 12.1. The molecule has 0 saturated heterocycles. The molecule has 0 heterocycles. The van der Waals surface area contributed by atoms with Crippen molar-refractivity contribution < 1.29 is 19.8 Å². The Bertz CT molecular complexity index is 459. The molecule has 0 fully saturated rings. The summed E-state index contributed by atoms with van der Waals surface area (Å²) in [5.74, 6) is -1.15. The van der Waals surface area contributed by atoms with E-state index in [9.17, 15) is 19.8 Å². The number of amides is 2. The summed E-state index contributed by atoms with van der Waals surface area (Å²) in [7, 11) is 1.48. The summed E-state index contributed by atoms with van der Waals surface area (Å²) in [5, 5.41) is 21.3. The smallest absolute Gasteiger partial charge is 0.258 e. The molecule has 18 heavy (non-hydrogen) atoms. The molecule has 1 aromatic carbocycles. The van der Waals surface area contributed by atoms with Gasteiger partial charge in [-0.25, -0.2) is 0 Å². The minimum absolute atomic E-state index is 0.0271. The number of rotatable bonds is 4. The van der Waals surface area contributed by atoms with Gasteiger partial charge in [-0.2, -0.15) is 0 Å². The van der Waals surface area contributed by atoms with Crippen LogP contribution < -0.4 is 5.32 Å². The first-order chi connectivity index (χ1) is 8.49. The van der Waals surface area contributed by atoms with Gasteiger partial charge in [0, 0.05) is 13.6 Å². The lowest BCUT2D eigenvalue weighted by Crippen LogP contribution is -2.39. The van der Waals surface area contributed by atoms with Gasteiger partial charge >= 0.3 is 0 Å². The number of carbonyl (C=O) groups excluding carboxylic acids is 2. The van der Waals surface area contributed by atoms with Gasteiger partial charge in [0.25, 0.3) is 5.91 Å². The Morgan fingerprint density at radius 1 is 1.33 bits per heavy atom. The molecule has 1 rings (SSSR count). The molecule has 1 aromatic rings. The Morgan fingerprint density at radius 3 is 2.56 bits per heavy atom. The van der Waals surface area contributed by atoms with Gasteiger partial charge in [0.15, 0.2) is 0 Å². The normalized spacial score (nSPS) is 9.89. The zero-order valence-electron chi connectivity index (χ0n) is 10.3. The summed E-state index contributed by atoms with van der Waals surface area (Å²) in [6, 6.07) is 3.68. The standard InChI is InChI=1S/C12H16N2O4/c1-3-14(7-11(17)13-2)12(18)9-6-8(15)4-5-10(9)16/h4-6,15-16H,3,7H2,1-2H3,(H,13,17). The quantitative estimate of drug-likeness (QED) is 0.672. The summed E-state index contributed by atoms with van der Waals surface area (Å²) in [6.07, 6.45) is 0. The van der Waals surface area contributed by atoms with Gasteiger partial charge in [-0.15, -0.1) is 0 Å². The van der Waals surface area contributed by atoms with Crippen molar-refractivity contribution in [2.24, 2.45) is 0 Å². The number of nitrogens with one attached hydrogen (secondary N) is 1. The second-order valence-corrected chi connectivity index (χ2v) is 3.69. The number of nitrogens with zero attached hydrogens (tertiary/aromatic N) is 1. The fraction of sp³-hybridized carbons (Fsp3) is 0.333. The van der Waals surface area contributed by atoms with Crippen LogP contribution in [0.4, 0.5) is 0 Å². The first-order valence-corrected chi connectivity index (χ1v) is 5.51. The van der Waals surface area contributed by atoms with Crippen molar-refractivity contribution in [1.82, 2.24) is 10.2 Å². The second-order valence-electron chi connectivity index (χ2n) is 3.69. The number of hydrogen-bond acceptors (Lipinski definition) is 4. The van der Waals surface area contributed by atoms with Gasteiger partial charge in [-0.05, 0) is 25.1 Å². The van der Waals surface area contributed by atoms with E-state index < -0.39 is 5.91 Å². The van der Waals surface area contributed by atoms with Crippen molar-refractivity contribution in [3.8, 4) is 11.5 Å². The average Bonchev–Trinajstić information content (AvgIpc) is 2.37. The highest BCUT2D eigenvalue weighted by Crippen LogP contribution is 2.23. The van der Waals surface area contributed by atoms with E-state index in [0.29, 0.717) is 6.54 Å². The summed E-state index contributed by atoms with van der Waals surface area (Å²) >= 11 is 0. The molecule has 6 nitrogen and oxygen atoms in total. The third-order valence-electron chi connectivity index (χ3n) is 2.49. The van der Waals surface area contributed by atoms with Crippen LogP contribution in [0.2, 0.25) is 0 Å². The molecule has 3 N–H and O–H groups in total. The predicted molar refractivity (Wildman–Crippen MR) is 65.4 cm³/mol. The van der Waals surface area contributed by atoms with E-state index in [4.69, 9.17) is 0 Å². The van der Waals surface area contributed by atoms with Gasteiger partial charge in [0.2, 0.25) is 5.91 Å². The molecule has 0 atom stereocenters. The molecule has 98 valence electrons. The topological polar surface area (TPSA) is 89.9 Å².